The van der Waals surface area contributed by atoms with Crippen LogP contribution in [-0.4, -0.2) is 42.3 Å². The van der Waals surface area contributed by atoms with E-state index in [1.807, 2.05) is 32.0 Å². The van der Waals surface area contributed by atoms with Gasteiger partial charge in [0.15, 0.2) is 6.61 Å². The second-order valence-corrected chi connectivity index (χ2v) is 4.78. The lowest BCUT2D eigenvalue weighted by Gasteiger charge is -2.25. The van der Waals surface area contributed by atoms with Crippen molar-refractivity contribution < 1.29 is 19.1 Å². The summed E-state index contributed by atoms with van der Waals surface area (Å²) in [5.41, 5.74) is 1.96. The lowest BCUT2D eigenvalue weighted by atomic mass is 10.1. The zero-order chi connectivity index (χ0) is 14.7. The van der Waals surface area contributed by atoms with Crippen molar-refractivity contribution in [2.45, 2.75) is 13.8 Å². The molecular weight excluding hydrogens is 260 g/mol. The van der Waals surface area contributed by atoms with E-state index in [-0.39, 0.29) is 25.6 Å². The Kier molecular flexibility index (Phi) is 4.02. The molecule has 0 aliphatic carbocycles. The van der Waals surface area contributed by atoms with Crippen LogP contribution in [0.1, 0.15) is 11.1 Å². The first-order valence-electron chi connectivity index (χ1n) is 6.26. The van der Waals surface area contributed by atoms with Crippen LogP contribution in [0.4, 0.5) is 0 Å². The monoisotopic (exact) mass is 276 g/mol. The Labute approximate surface area is 116 Å². The fourth-order valence-electron chi connectivity index (χ4n) is 1.91. The number of rotatable bonds is 3. The molecule has 0 saturated carbocycles. The van der Waals surface area contributed by atoms with Gasteiger partial charge in [-0.15, -0.1) is 0 Å². The largest absolute Gasteiger partial charge is 0.483 e. The number of benzene rings is 1. The molecule has 0 unspecified atom stereocenters. The molecule has 1 heterocycles. The maximum Gasteiger partial charge on any atom is 0.261 e. The van der Waals surface area contributed by atoms with Gasteiger partial charge in [-0.2, -0.15) is 0 Å². The van der Waals surface area contributed by atoms with E-state index in [1.165, 1.54) is 4.90 Å². The van der Waals surface area contributed by atoms with Gasteiger partial charge in [0.1, 0.15) is 18.8 Å². The van der Waals surface area contributed by atoms with Crippen LogP contribution in [0, 0.1) is 13.8 Å². The molecule has 1 fully saturated rings. The highest BCUT2D eigenvalue weighted by Crippen LogP contribution is 2.19. The Morgan fingerprint density at radius 2 is 1.90 bits per heavy atom. The van der Waals surface area contributed by atoms with E-state index >= 15 is 0 Å². The van der Waals surface area contributed by atoms with Crippen LogP contribution in [0.15, 0.2) is 18.2 Å². The highest BCUT2D eigenvalue weighted by molar-refractivity contribution is 6.02. The van der Waals surface area contributed by atoms with Crippen LogP contribution in [0.25, 0.3) is 0 Å². The van der Waals surface area contributed by atoms with Gasteiger partial charge in [-0.05, 0) is 31.0 Å². The SMILES string of the molecule is Cc1ccc(C)c(OCC(=O)N2CC(=O)NC(=O)C2)c1. The molecule has 1 aromatic rings. The zero-order valence-electron chi connectivity index (χ0n) is 11.4. The van der Waals surface area contributed by atoms with Crippen LogP contribution in [0.3, 0.4) is 0 Å². The number of carbonyl (C=O) groups excluding carboxylic acids is 3. The van der Waals surface area contributed by atoms with Crippen molar-refractivity contribution in [3.63, 3.8) is 0 Å². The van der Waals surface area contributed by atoms with Crippen LogP contribution < -0.4 is 10.1 Å². The summed E-state index contributed by atoms with van der Waals surface area (Å²) in [7, 11) is 0. The smallest absolute Gasteiger partial charge is 0.261 e. The van der Waals surface area contributed by atoms with E-state index in [0.717, 1.165) is 11.1 Å². The van der Waals surface area contributed by atoms with Gasteiger partial charge in [-0.1, -0.05) is 12.1 Å². The van der Waals surface area contributed by atoms with Crippen molar-refractivity contribution in [1.29, 1.82) is 0 Å². The van der Waals surface area contributed by atoms with Crippen molar-refractivity contribution in [3.8, 4) is 5.75 Å². The molecule has 20 heavy (non-hydrogen) atoms. The minimum Gasteiger partial charge on any atom is -0.483 e. The molecule has 0 bridgehead atoms. The third kappa shape index (κ3) is 3.34. The molecular formula is C14H16N2O4. The first-order valence-corrected chi connectivity index (χ1v) is 6.26. The van der Waals surface area contributed by atoms with E-state index in [9.17, 15) is 14.4 Å². The summed E-state index contributed by atoms with van der Waals surface area (Å²) < 4.78 is 5.47. The quantitative estimate of drug-likeness (QED) is 0.798. The van der Waals surface area contributed by atoms with Gasteiger partial charge in [-0.3, -0.25) is 19.7 Å². The van der Waals surface area contributed by atoms with Crippen molar-refractivity contribution in [3.05, 3.63) is 29.3 Å². The molecule has 6 heteroatoms. The van der Waals surface area contributed by atoms with Crippen molar-refractivity contribution in [1.82, 2.24) is 10.2 Å². The first-order chi connectivity index (χ1) is 9.45. The number of hydrogen-bond acceptors (Lipinski definition) is 4. The molecule has 106 valence electrons. The van der Waals surface area contributed by atoms with Gasteiger partial charge in [0.25, 0.3) is 5.91 Å². The Morgan fingerprint density at radius 1 is 1.25 bits per heavy atom. The third-order valence-corrected chi connectivity index (χ3v) is 3.00. The first kappa shape index (κ1) is 14.0. The summed E-state index contributed by atoms with van der Waals surface area (Å²) in [4.78, 5) is 35.5. The molecule has 1 saturated heterocycles. The average Bonchev–Trinajstić information content (AvgIpc) is 2.38. The van der Waals surface area contributed by atoms with Crippen molar-refractivity contribution >= 4 is 17.7 Å². The van der Waals surface area contributed by atoms with E-state index in [1.54, 1.807) is 0 Å². The molecule has 0 aromatic heterocycles. The lowest BCUT2D eigenvalue weighted by molar-refractivity contribution is -0.146. The second-order valence-electron chi connectivity index (χ2n) is 4.78. The molecule has 0 spiro atoms. The molecule has 3 amide bonds. The average molecular weight is 276 g/mol. The van der Waals surface area contributed by atoms with Crippen LogP contribution in [0.5, 0.6) is 5.75 Å². The fraction of sp³-hybridized carbons (Fsp3) is 0.357. The normalized spacial score (nSPS) is 15.0. The summed E-state index contributed by atoms with van der Waals surface area (Å²) in [5, 5.41) is 2.14. The summed E-state index contributed by atoms with van der Waals surface area (Å²) in [6, 6.07) is 5.71. The number of nitrogens with zero attached hydrogens (tertiary/aromatic N) is 1. The molecule has 1 aliphatic heterocycles. The second kappa shape index (κ2) is 5.73. The van der Waals surface area contributed by atoms with Crippen LogP contribution in [0.2, 0.25) is 0 Å². The number of piperazine rings is 1. The van der Waals surface area contributed by atoms with E-state index in [0.29, 0.717) is 5.75 Å². The predicted molar refractivity (Wildman–Crippen MR) is 71.1 cm³/mol. The number of amides is 3. The van der Waals surface area contributed by atoms with Gasteiger partial charge in [0.05, 0.1) is 0 Å². The number of hydrogen-bond donors (Lipinski definition) is 1. The highest BCUT2D eigenvalue weighted by Gasteiger charge is 2.26. The number of nitrogens with one attached hydrogen (secondary N) is 1. The summed E-state index contributed by atoms with van der Waals surface area (Å²) in [6.07, 6.45) is 0. The Bertz CT molecular complexity index is 552. The van der Waals surface area contributed by atoms with Gasteiger partial charge in [-0.25, -0.2) is 0 Å². The fourth-order valence-corrected chi connectivity index (χ4v) is 1.91. The van der Waals surface area contributed by atoms with Gasteiger partial charge >= 0.3 is 0 Å². The number of ether oxygens (including phenoxy) is 1. The van der Waals surface area contributed by atoms with Crippen molar-refractivity contribution in [2.75, 3.05) is 19.7 Å². The Balaban J connectivity index is 1.96. The summed E-state index contributed by atoms with van der Waals surface area (Å²) >= 11 is 0. The predicted octanol–water partition coefficient (Wildman–Crippen LogP) is 0.167. The zero-order valence-corrected chi connectivity index (χ0v) is 11.4. The molecule has 1 aromatic carbocycles. The van der Waals surface area contributed by atoms with Crippen molar-refractivity contribution in [2.24, 2.45) is 0 Å². The molecule has 0 radical (unpaired) electrons. The molecule has 0 atom stereocenters. The summed E-state index contributed by atoms with van der Waals surface area (Å²) in [6.45, 7) is 3.41. The maximum atomic E-state index is 11.9. The minimum absolute atomic E-state index is 0.110. The van der Waals surface area contributed by atoms with Crippen LogP contribution >= 0.6 is 0 Å². The number of aryl methyl sites for hydroxylation is 2. The standard InChI is InChI=1S/C14H16N2O4/c1-9-3-4-10(2)11(5-9)20-8-14(19)16-6-12(17)15-13(18)7-16/h3-5H,6-8H2,1-2H3,(H,15,17,18). The lowest BCUT2D eigenvalue weighted by Crippen LogP contribution is -2.54. The topological polar surface area (TPSA) is 75.7 Å². The van der Waals surface area contributed by atoms with Gasteiger partial charge in [0.2, 0.25) is 11.8 Å². The Morgan fingerprint density at radius 3 is 2.55 bits per heavy atom. The van der Waals surface area contributed by atoms with Crippen LogP contribution in [-0.2, 0) is 14.4 Å². The third-order valence-electron chi connectivity index (χ3n) is 3.00. The summed E-state index contributed by atoms with van der Waals surface area (Å²) in [5.74, 6) is -0.692. The van der Waals surface area contributed by atoms with Gasteiger partial charge in [0, 0.05) is 0 Å². The van der Waals surface area contributed by atoms with E-state index < -0.39 is 11.8 Å². The Hall–Kier alpha value is -2.37. The number of imide groups is 1. The molecule has 1 aliphatic rings. The highest BCUT2D eigenvalue weighted by atomic mass is 16.5. The molecule has 1 N–H and O–H groups in total. The molecule has 2 rings (SSSR count). The maximum absolute atomic E-state index is 11.9. The van der Waals surface area contributed by atoms with Gasteiger partial charge < -0.3 is 9.64 Å². The molecule has 6 nitrogen and oxygen atoms in total. The van der Waals surface area contributed by atoms with E-state index in [2.05, 4.69) is 5.32 Å². The van der Waals surface area contributed by atoms with E-state index in [4.69, 9.17) is 4.74 Å². The minimum atomic E-state index is -0.471. The number of carbonyl (C=O) groups is 3.